The van der Waals surface area contributed by atoms with Crippen LogP contribution in [0, 0.1) is 0 Å². The number of carbonyl (C=O) groups excluding carboxylic acids is 2. The van der Waals surface area contributed by atoms with Crippen molar-refractivity contribution in [1.29, 1.82) is 0 Å². The molecule has 180 valence electrons. The van der Waals surface area contributed by atoms with Crippen molar-refractivity contribution in [3.8, 4) is 17.2 Å². The molecule has 0 radical (unpaired) electrons. The fourth-order valence-electron chi connectivity index (χ4n) is 4.40. The van der Waals surface area contributed by atoms with Crippen LogP contribution in [0.25, 0.3) is 5.76 Å². The molecule has 8 nitrogen and oxygen atoms in total. The second kappa shape index (κ2) is 10.2. The normalized spacial score (nSPS) is 19.1. The molecule has 1 unspecified atom stereocenters. The number of nitrogens with zero attached hydrogens (tertiary/aromatic N) is 2. The molecule has 1 atom stereocenters. The smallest absolute Gasteiger partial charge is 0.295 e. The van der Waals surface area contributed by atoms with Crippen molar-refractivity contribution in [2.75, 3.05) is 46.5 Å². The number of hydrogen-bond donors (Lipinski definition) is 1. The molecule has 2 heterocycles. The van der Waals surface area contributed by atoms with E-state index < -0.39 is 17.7 Å². The van der Waals surface area contributed by atoms with Gasteiger partial charge in [0.05, 0.1) is 18.7 Å². The SMILES string of the molecule is CCN(CC)CCN1C(=O)C(=O)C(=C(O)c2ccc3c(c2)OCCO3)C1c1cccc(OC)c1. The fraction of sp³-hybridized carbons (Fsp3) is 0.385. The number of ketones is 1. The minimum atomic E-state index is -0.737. The molecular weight excluding hydrogens is 436 g/mol. The molecular formula is C26H30N2O6. The summed E-state index contributed by atoms with van der Waals surface area (Å²) in [6.07, 6.45) is 0. The molecule has 2 aromatic rings. The molecule has 34 heavy (non-hydrogen) atoms. The number of likely N-dealkylation sites (tertiary alicyclic amines) is 1. The van der Waals surface area contributed by atoms with E-state index in [1.165, 1.54) is 0 Å². The summed E-state index contributed by atoms with van der Waals surface area (Å²) in [5, 5.41) is 11.3. The van der Waals surface area contributed by atoms with Crippen LogP contribution >= 0.6 is 0 Å². The van der Waals surface area contributed by atoms with Crippen LogP contribution in [0.2, 0.25) is 0 Å². The van der Waals surface area contributed by atoms with Crippen LogP contribution in [0.3, 0.4) is 0 Å². The molecule has 0 aliphatic carbocycles. The zero-order valence-corrected chi connectivity index (χ0v) is 19.7. The molecule has 1 amide bonds. The van der Waals surface area contributed by atoms with Gasteiger partial charge in [-0.05, 0) is 49.0 Å². The maximum absolute atomic E-state index is 13.2. The number of likely N-dealkylation sites (N-methyl/N-ethyl adjacent to an activating group) is 1. The summed E-state index contributed by atoms with van der Waals surface area (Å²) in [6, 6.07) is 11.5. The zero-order chi connectivity index (χ0) is 24.2. The Labute approximate surface area is 199 Å². The first-order valence-corrected chi connectivity index (χ1v) is 11.5. The van der Waals surface area contributed by atoms with Crippen molar-refractivity contribution >= 4 is 17.4 Å². The van der Waals surface area contributed by atoms with E-state index in [2.05, 4.69) is 18.7 Å². The lowest BCUT2D eigenvalue weighted by Crippen LogP contribution is -2.38. The van der Waals surface area contributed by atoms with Crippen LogP contribution in [0.4, 0.5) is 0 Å². The number of aliphatic hydroxyl groups excluding tert-OH is 1. The minimum Gasteiger partial charge on any atom is -0.507 e. The highest BCUT2D eigenvalue weighted by atomic mass is 16.6. The number of Topliss-reactive ketones (excluding diaryl/α,β-unsaturated/α-hetero) is 1. The van der Waals surface area contributed by atoms with E-state index in [1.54, 1.807) is 42.3 Å². The first-order valence-electron chi connectivity index (χ1n) is 11.5. The average Bonchev–Trinajstić information content (AvgIpc) is 3.13. The number of methoxy groups -OCH3 is 1. The van der Waals surface area contributed by atoms with Gasteiger partial charge in [-0.2, -0.15) is 0 Å². The van der Waals surface area contributed by atoms with E-state index >= 15 is 0 Å². The Bertz CT molecular complexity index is 1110. The summed E-state index contributed by atoms with van der Waals surface area (Å²) in [6.45, 7) is 7.60. The van der Waals surface area contributed by atoms with Gasteiger partial charge in [0.15, 0.2) is 11.5 Å². The van der Waals surface area contributed by atoms with E-state index in [0.29, 0.717) is 54.7 Å². The van der Waals surface area contributed by atoms with Crippen LogP contribution in [0.15, 0.2) is 48.0 Å². The maximum Gasteiger partial charge on any atom is 0.295 e. The molecule has 0 saturated carbocycles. The van der Waals surface area contributed by atoms with Crippen molar-refractivity contribution in [1.82, 2.24) is 9.80 Å². The van der Waals surface area contributed by atoms with E-state index in [1.807, 2.05) is 12.1 Å². The van der Waals surface area contributed by atoms with Gasteiger partial charge in [0.1, 0.15) is 24.7 Å². The van der Waals surface area contributed by atoms with Crippen molar-refractivity contribution in [2.45, 2.75) is 19.9 Å². The van der Waals surface area contributed by atoms with Gasteiger partial charge in [0.2, 0.25) is 0 Å². The third-order valence-electron chi connectivity index (χ3n) is 6.32. The predicted octanol–water partition coefficient (Wildman–Crippen LogP) is 3.23. The first-order chi connectivity index (χ1) is 16.5. The highest BCUT2D eigenvalue weighted by Gasteiger charge is 2.46. The van der Waals surface area contributed by atoms with Gasteiger partial charge >= 0.3 is 0 Å². The second-order valence-electron chi connectivity index (χ2n) is 8.15. The number of carbonyl (C=O) groups is 2. The van der Waals surface area contributed by atoms with E-state index in [0.717, 1.165) is 13.1 Å². The van der Waals surface area contributed by atoms with Crippen molar-refractivity contribution in [3.05, 3.63) is 59.2 Å². The number of amides is 1. The van der Waals surface area contributed by atoms with Crippen molar-refractivity contribution in [2.24, 2.45) is 0 Å². The molecule has 2 aliphatic rings. The highest BCUT2D eigenvalue weighted by molar-refractivity contribution is 6.46. The summed E-state index contributed by atoms with van der Waals surface area (Å²) in [4.78, 5) is 30.1. The van der Waals surface area contributed by atoms with Gasteiger partial charge in [-0.3, -0.25) is 9.59 Å². The summed E-state index contributed by atoms with van der Waals surface area (Å²) in [7, 11) is 1.56. The summed E-state index contributed by atoms with van der Waals surface area (Å²) in [5.41, 5.74) is 1.13. The predicted molar refractivity (Wildman–Crippen MR) is 127 cm³/mol. The molecule has 0 spiro atoms. The lowest BCUT2D eigenvalue weighted by molar-refractivity contribution is -0.140. The van der Waals surface area contributed by atoms with Gasteiger partial charge < -0.3 is 29.1 Å². The number of hydrogen-bond acceptors (Lipinski definition) is 7. The number of fused-ring (bicyclic) bond motifs is 1. The molecule has 4 rings (SSSR count). The van der Waals surface area contributed by atoms with Gasteiger partial charge in [0.25, 0.3) is 11.7 Å². The van der Waals surface area contributed by atoms with Crippen LogP contribution < -0.4 is 14.2 Å². The minimum absolute atomic E-state index is 0.0504. The maximum atomic E-state index is 13.2. The van der Waals surface area contributed by atoms with Gasteiger partial charge in [-0.15, -0.1) is 0 Å². The molecule has 1 saturated heterocycles. The monoisotopic (exact) mass is 466 g/mol. The lowest BCUT2D eigenvalue weighted by atomic mass is 9.95. The average molecular weight is 467 g/mol. The molecule has 2 aliphatic heterocycles. The third kappa shape index (κ3) is 4.46. The third-order valence-corrected chi connectivity index (χ3v) is 6.32. The van der Waals surface area contributed by atoms with Gasteiger partial charge in [-0.1, -0.05) is 26.0 Å². The lowest BCUT2D eigenvalue weighted by Gasteiger charge is -2.28. The zero-order valence-electron chi connectivity index (χ0n) is 19.7. The van der Waals surface area contributed by atoms with Crippen LogP contribution in [-0.4, -0.2) is 73.1 Å². The number of aliphatic hydroxyl groups is 1. The molecule has 1 N–H and O–H groups in total. The Hall–Kier alpha value is -3.52. The Balaban J connectivity index is 1.80. The van der Waals surface area contributed by atoms with E-state index in [-0.39, 0.29) is 11.3 Å². The highest BCUT2D eigenvalue weighted by Crippen LogP contribution is 2.41. The number of rotatable bonds is 8. The van der Waals surface area contributed by atoms with Gasteiger partial charge in [-0.25, -0.2) is 0 Å². The van der Waals surface area contributed by atoms with Crippen molar-refractivity contribution in [3.63, 3.8) is 0 Å². The molecule has 2 aromatic carbocycles. The molecule has 1 fully saturated rings. The number of ether oxygens (including phenoxy) is 3. The summed E-state index contributed by atoms with van der Waals surface area (Å²) in [5.74, 6) is 0.0919. The Morgan fingerprint density at radius 3 is 2.53 bits per heavy atom. The number of benzene rings is 2. The Morgan fingerprint density at radius 2 is 1.82 bits per heavy atom. The van der Waals surface area contributed by atoms with E-state index in [9.17, 15) is 14.7 Å². The molecule has 0 aromatic heterocycles. The Kier molecular flexibility index (Phi) is 7.07. The van der Waals surface area contributed by atoms with Crippen LogP contribution in [-0.2, 0) is 9.59 Å². The summed E-state index contributed by atoms with van der Waals surface area (Å²) < 4.78 is 16.6. The topological polar surface area (TPSA) is 88.5 Å². The quantitative estimate of drug-likeness (QED) is 0.363. The second-order valence-corrected chi connectivity index (χ2v) is 8.15. The van der Waals surface area contributed by atoms with Crippen molar-refractivity contribution < 1.29 is 28.9 Å². The van der Waals surface area contributed by atoms with Gasteiger partial charge in [0, 0.05) is 18.7 Å². The fourth-order valence-corrected chi connectivity index (χ4v) is 4.40. The first kappa shape index (κ1) is 23.6. The molecule has 0 bridgehead atoms. The molecule has 8 heteroatoms. The summed E-state index contributed by atoms with van der Waals surface area (Å²) >= 11 is 0. The van der Waals surface area contributed by atoms with E-state index in [4.69, 9.17) is 14.2 Å². The Morgan fingerprint density at radius 1 is 1.09 bits per heavy atom. The standard InChI is InChI=1S/C26H30N2O6/c1-4-27(5-2)11-12-28-23(17-7-6-8-19(15-17)32-3)22(25(30)26(28)31)24(29)18-9-10-20-21(16-18)34-14-13-33-20/h6-10,15-16,23,29H,4-5,11-14H2,1-3H3. The van der Waals surface area contributed by atoms with Crippen LogP contribution in [0.1, 0.15) is 31.0 Å². The van der Waals surface area contributed by atoms with Crippen LogP contribution in [0.5, 0.6) is 17.2 Å². The largest absolute Gasteiger partial charge is 0.507 e.